The van der Waals surface area contributed by atoms with E-state index in [9.17, 15) is 13.2 Å². The Balaban J connectivity index is 2.19. The first-order valence-corrected chi connectivity index (χ1v) is 9.43. The maximum absolute atomic E-state index is 11.9. The van der Waals surface area contributed by atoms with Gasteiger partial charge < -0.3 is 5.32 Å². The standard InChI is InChI=1S/C12H19N5O3S2/c1-5-8-6-9(18)17-11(14-8)21-10(15-17)13-7-12(2,3)16-22(4,19)20/h6,16H,5,7H2,1-4H3,(H,13,15). The summed E-state index contributed by atoms with van der Waals surface area (Å²) in [5.74, 6) is 0. The van der Waals surface area contributed by atoms with E-state index in [-0.39, 0.29) is 5.56 Å². The smallest absolute Gasteiger partial charge is 0.275 e. The molecule has 0 aromatic carbocycles. The van der Waals surface area contributed by atoms with Crippen molar-refractivity contribution in [2.24, 2.45) is 0 Å². The van der Waals surface area contributed by atoms with Crippen molar-refractivity contribution >= 4 is 31.5 Å². The van der Waals surface area contributed by atoms with Crippen LogP contribution in [0.1, 0.15) is 26.5 Å². The van der Waals surface area contributed by atoms with E-state index in [0.29, 0.717) is 23.1 Å². The van der Waals surface area contributed by atoms with Gasteiger partial charge in [0.05, 0.1) is 6.26 Å². The molecule has 0 aliphatic carbocycles. The number of hydrogen-bond acceptors (Lipinski definition) is 7. The molecule has 0 fully saturated rings. The second-order valence-electron chi connectivity index (χ2n) is 5.65. The summed E-state index contributed by atoms with van der Waals surface area (Å²) in [6, 6.07) is 1.46. The molecule has 0 saturated carbocycles. The molecule has 0 spiro atoms. The molecular formula is C12H19N5O3S2. The number of hydrogen-bond donors (Lipinski definition) is 2. The highest BCUT2D eigenvalue weighted by atomic mass is 32.2. The van der Waals surface area contributed by atoms with Crippen LogP contribution in [0.15, 0.2) is 10.9 Å². The lowest BCUT2D eigenvalue weighted by atomic mass is 10.1. The van der Waals surface area contributed by atoms with Crippen LogP contribution in [0, 0.1) is 0 Å². The first-order valence-electron chi connectivity index (χ1n) is 6.72. The number of sulfonamides is 1. The van der Waals surface area contributed by atoms with Crippen LogP contribution in [0.5, 0.6) is 0 Å². The zero-order valence-electron chi connectivity index (χ0n) is 12.9. The maximum atomic E-state index is 11.9. The second kappa shape index (κ2) is 5.94. The Morgan fingerprint density at radius 3 is 2.68 bits per heavy atom. The van der Waals surface area contributed by atoms with Crippen LogP contribution in [0.3, 0.4) is 0 Å². The van der Waals surface area contributed by atoms with E-state index in [1.165, 1.54) is 21.9 Å². The number of anilines is 1. The normalized spacial score (nSPS) is 12.7. The Morgan fingerprint density at radius 2 is 2.09 bits per heavy atom. The van der Waals surface area contributed by atoms with Gasteiger partial charge in [0, 0.05) is 23.8 Å². The summed E-state index contributed by atoms with van der Waals surface area (Å²) in [6.07, 6.45) is 1.79. The molecule has 22 heavy (non-hydrogen) atoms. The molecular weight excluding hydrogens is 326 g/mol. The van der Waals surface area contributed by atoms with Gasteiger partial charge in [-0.25, -0.2) is 18.1 Å². The molecule has 0 amide bonds. The minimum atomic E-state index is -3.30. The molecule has 2 aromatic rings. The highest BCUT2D eigenvalue weighted by Gasteiger charge is 2.22. The Kier molecular flexibility index (Phi) is 4.54. The fourth-order valence-electron chi connectivity index (χ4n) is 1.94. The Labute approximate surface area is 132 Å². The second-order valence-corrected chi connectivity index (χ2v) is 8.36. The third-order valence-electron chi connectivity index (χ3n) is 2.80. The Morgan fingerprint density at radius 1 is 1.41 bits per heavy atom. The summed E-state index contributed by atoms with van der Waals surface area (Å²) in [6.45, 7) is 5.77. The monoisotopic (exact) mass is 345 g/mol. The van der Waals surface area contributed by atoms with Gasteiger partial charge >= 0.3 is 0 Å². The number of nitrogens with one attached hydrogen (secondary N) is 2. The van der Waals surface area contributed by atoms with Crippen molar-refractivity contribution in [3.05, 3.63) is 22.1 Å². The van der Waals surface area contributed by atoms with Gasteiger partial charge in [-0.3, -0.25) is 4.79 Å². The fraction of sp³-hybridized carbons (Fsp3) is 0.583. The Hall–Kier alpha value is -1.52. The lowest BCUT2D eigenvalue weighted by Crippen LogP contribution is -2.47. The van der Waals surface area contributed by atoms with Crippen LogP contribution in [0.25, 0.3) is 4.96 Å². The summed E-state index contributed by atoms with van der Waals surface area (Å²) >= 11 is 1.25. The minimum absolute atomic E-state index is 0.223. The largest absolute Gasteiger partial charge is 0.358 e. The number of aryl methyl sites for hydroxylation is 1. The Bertz CT molecular complexity index is 838. The highest BCUT2D eigenvalue weighted by Crippen LogP contribution is 2.17. The molecule has 0 atom stereocenters. The third-order valence-corrected chi connectivity index (χ3v) is 4.59. The minimum Gasteiger partial charge on any atom is -0.358 e. The van der Waals surface area contributed by atoms with Crippen molar-refractivity contribution in [3.63, 3.8) is 0 Å². The van der Waals surface area contributed by atoms with Crippen molar-refractivity contribution in [3.8, 4) is 0 Å². The van der Waals surface area contributed by atoms with Crippen molar-refractivity contribution < 1.29 is 8.42 Å². The number of aromatic nitrogens is 3. The molecule has 122 valence electrons. The lowest BCUT2D eigenvalue weighted by molar-refractivity contribution is 0.476. The zero-order chi connectivity index (χ0) is 16.5. The molecule has 2 heterocycles. The molecule has 2 rings (SSSR count). The van der Waals surface area contributed by atoms with E-state index in [0.717, 1.165) is 11.9 Å². The topological polar surface area (TPSA) is 105 Å². The van der Waals surface area contributed by atoms with Crippen molar-refractivity contribution in [2.45, 2.75) is 32.7 Å². The van der Waals surface area contributed by atoms with Crippen molar-refractivity contribution in [1.29, 1.82) is 0 Å². The molecule has 0 aliphatic heterocycles. The quantitative estimate of drug-likeness (QED) is 0.788. The number of fused-ring (bicyclic) bond motifs is 1. The van der Waals surface area contributed by atoms with E-state index in [1.807, 2.05) is 6.92 Å². The van der Waals surface area contributed by atoms with Crippen LogP contribution in [0.2, 0.25) is 0 Å². The van der Waals surface area contributed by atoms with E-state index >= 15 is 0 Å². The van der Waals surface area contributed by atoms with Crippen LogP contribution in [0.4, 0.5) is 5.13 Å². The summed E-state index contributed by atoms with van der Waals surface area (Å²) in [7, 11) is -3.30. The van der Waals surface area contributed by atoms with E-state index in [4.69, 9.17) is 0 Å². The zero-order valence-corrected chi connectivity index (χ0v) is 14.5. The van der Waals surface area contributed by atoms with Gasteiger partial charge in [0.2, 0.25) is 20.1 Å². The van der Waals surface area contributed by atoms with E-state index in [2.05, 4.69) is 20.1 Å². The van der Waals surface area contributed by atoms with Gasteiger partial charge in [-0.1, -0.05) is 18.3 Å². The molecule has 0 radical (unpaired) electrons. The number of rotatable bonds is 6. The average molecular weight is 345 g/mol. The van der Waals surface area contributed by atoms with E-state index < -0.39 is 15.6 Å². The molecule has 0 aliphatic rings. The average Bonchev–Trinajstić information content (AvgIpc) is 2.77. The first kappa shape index (κ1) is 16.8. The maximum Gasteiger partial charge on any atom is 0.275 e. The van der Waals surface area contributed by atoms with Gasteiger partial charge in [0.15, 0.2) is 0 Å². The van der Waals surface area contributed by atoms with Crippen molar-refractivity contribution in [1.82, 2.24) is 19.3 Å². The summed E-state index contributed by atoms with van der Waals surface area (Å²) in [5, 5.41) is 7.72. The molecule has 8 nitrogen and oxygen atoms in total. The highest BCUT2D eigenvalue weighted by molar-refractivity contribution is 7.88. The van der Waals surface area contributed by atoms with Gasteiger partial charge in [-0.15, -0.1) is 5.10 Å². The van der Waals surface area contributed by atoms with Crippen LogP contribution >= 0.6 is 11.3 Å². The summed E-state index contributed by atoms with van der Waals surface area (Å²) in [4.78, 5) is 16.8. The summed E-state index contributed by atoms with van der Waals surface area (Å²) in [5.41, 5.74) is -0.183. The SMILES string of the molecule is CCc1cc(=O)n2nc(NCC(C)(C)NS(C)(=O)=O)sc2n1. The summed E-state index contributed by atoms with van der Waals surface area (Å²) < 4.78 is 26.4. The lowest BCUT2D eigenvalue weighted by Gasteiger charge is -2.24. The van der Waals surface area contributed by atoms with Crippen LogP contribution in [-0.2, 0) is 16.4 Å². The van der Waals surface area contributed by atoms with E-state index in [1.54, 1.807) is 13.8 Å². The number of nitrogens with zero attached hydrogens (tertiary/aromatic N) is 3. The predicted molar refractivity (Wildman–Crippen MR) is 87.1 cm³/mol. The van der Waals surface area contributed by atoms with Gasteiger partial charge in [0.1, 0.15) is 0 Å². The van der Waals surface area contributed by atoms with Gasteiger partial charge in [0.25, 0.3) is 5.56 Å². The molecule has 2 N–H and O–H groups in total. The van der Waals surface area contributed by atoms with Gasteiger partial charge in [-0.2, -0.15) is 4.52 Å². The molecule has 0 saturated heterocycles. The molecule has 10 heteroatoms. The molecule has 0 bridgehead atoms. The van der Waals surface area contributed by atoms with Crippen LogP contribution < -0.4 is 15.6 Å². The molecule has 0 unspecified atom stereocenters. The predicted octanol–water partition coefficient (Wildman–Crippen LogP) is 0.453. The van der Waals surface area contributed by atoms with Gasteiger partial charge in [-0.05, 0) is 20.3 Å². The first-order chi connectivity index (χ1) is 10.1. The molecule has 2 aromatic heterocycles. The van der Waals surface area contributed by atoms with Crippen molar-refractivity contribution in [2.75, 3.05) is 18.1 Å². The van der Waals surface area contributed by atoms with Crippen LogP contribution in [-0.4, -0.2) is 41.4 Å². The third kappa shape index (κ3) is 4.24. The fourth-order valence-corrected chi connectivity index (χ4v) is 3.84.